The Kier molecular flexibility index (Phi) is 3.41. The first kappa shape index (κ1) is 13.1. The van der Waals surface area contributed by atoms with Gasteiger partial charge in [0.15, 0.2) is 0 Å². The molecule has 0 spiro atoms. The quantitative estimate of drug-likeness (QED) is 0.679. The maximum atomic E-state index is 6.26. The molecule has 0 saturated carbocycles. The Morgan fingerprint density at radius 1 is 1.10 bits per heavy atom. The van der Waals surface area contributed by atoms with Crippen molar-refractivity contribution in [2.75, 3.05) is 0 Å². The van der Waals surface area contributed by atoms with Gasteiger partial charge in [0.2, 0.25) is 0 Å². The fourth-order valence-corrected chi connectivity index (χ4v) is 2.74. The van der Waals surface area contributed by atoms with E-state index >= 15 is 0 Å². The molecule has 102 valence electrons. The first-order chi connectivity index (χ1) is 9.66. The van der Waals surface area contributed by atoms with Gasteiger partial charge in [0.1, 0.15) is 12.4 Å². The van der Waals surface area contributed by atoms with Gasteiger partial charge >= 0.3 is 0 Å². The summed E-state index contributed by atoms with van der Waals surface area (Å²) >= 11 is 6.26. The molecule has 0 aliphatic heterocycles. The second-order valence-electron chi connectivity index (χ2n) is 4.93. The number of aryl methyl sites for hydroxylation is 2. The van der Waals surface area contributed by atoms with Crippen LogP contribution in [0.25, 0.3) is 10.9 Å². The molecule has 3 aromatic rings. The number of nitrogens with zero attached hydrogens (tertiary/aromatic N) is 1. The Morgan fingerprint density at radius 3 is 2.65 bits per heavy atom. The van der Waals surface area contributed by atoms with Gasteiger partial charge in [0.25, 0.3) is 0 Å². The van der Waals surface area contributed by atoms with Gasteiger partial charge in [-0.15, -0.1) is 0 Å². The van der Waals surface area contributed by atoms with Crippen LogP contribution in [-0.4, -0.2) is 4.57 Å². The van der Waals surface area contributed by atoms with E-state index in [-0.39, 0.29) is 0 Å². The van der Waals surface area contributed by atoms with Crippen molar-refractivity contribution >= 4 is 22.5 Å². The zero-order valence-corrected chi connectivity index (χ0v) is 12.3. The maximum Gasteiger partial charge on any atom is 0.128 e. The summed E-state index contributed by atoms with van der Waals surface area (Å²) in [5.41, 5.74) is 3.30. The van der Waals surface area contributed by atoms with Gasteiger partial charge in [0, 0.05) is 12.4 Å². The zero-order chi connectivity index (χ0) is 14.1. The molecule has 20 heavy (non-hydrogen) atoms. The molecule has 0 radical (unpaired) electrons. The molecule has 0 aliphatic carbocycles. The van der Waals surface area contributed by atoms with Gasteiger partial charge in [-0.25, -0.2) is 0 Å². The highest BCUT2D eigenvalue weighted by molar-refractivity contribution is 6.35. The van der Waals surface area contributed by atoms with Crippen molar-refractivity contribution < 1.29 is 4.74 Å². The summed E-state index contributed by atoms with van der Waals surface area (Å²) in [5.74, 6) is 0.920. The second kappa shape index (κ2) is 5.22. The summed E-state index contributed by atoms with van der Waals surface area (Å²) in [7, 11) is 2.02. The van der Waals surface area contributed by atoms with E-state index < -0.39 is 0 Å². The predicted octanol–water partition coefficient (Wildman–Crippen LogP) is 4.72. The minimum absolute atomic E-state index is 0.534. The fraction of sp³-hybridized carbons (Fsp3) is 0.176. The molecule has 0 atom stereocenters. The molecular formula is C17H16ClNO. The van der Waals surface area contributed by atoms with Crippen molar-refractivity contribution in [2.24, 2.45) is 7.05 Å². The summed E-state index contributed by atoms with van der Waals surface area (Å²) in [4.78, 5) is 0. The van der Waals surface area contributed by atoms with Crippen molar-refractivity contribution in [3.8, 4) is 5.75 Å². The number of benzene rings is 2. The van der Waals surface area contributed by atoms with Crippen LogP contribution >= 0.6 is 11.6 Å². The predicted molar refractivity (Wildman–Crippen MR) is 83.4 cm³/mol. The number of ether oxygens (including phenoxy) is 1. The lowest BCUT2D eigenvalue weighted by Crippen LogP contribution is -2.02. The van der Waals surface area contributed by atoms with Crippen molar-refractivity contribution in [3.05, 3.63) is 64.8 Å². The standard InChI is InChI=1S/C17H16ClNO/c1-12-6-3-4-9-16(12)20-11-14-10-13-7-5-8-15(18)17(13)19(14)2/h3-10H,11H2,1-2H3. The van der Waals surface area contributed by atoms with E-state index in [2.05, 4.69) is 16.7 Å². The summed E-state index contributed by atoms with van der Waals surface area (Å²) in [5, 5.41) is 1.91. The molecule has 0 N–H and O–H groups in total. The maximum absolute atomic E-state index is 6.26. The molecule has 0 aliphatic rings. The van der Waals surface area contributed by atoms with E-state index in [0.717, 1.165) is 32.9 Å². The molecular weight excluding hydrogens is 270 g/mol. The highest BCUT2D eigenvalue weighted by atomic mass is 35.5. The summed E-state index contributed by atoms with van der Waals surface area (Å²) in [6.07, 6.45) is 0. The van der Waals surface area contributed by atoms with Crippen molar-refractivity contribution in [1.82, 2.24) is 4.57 Å². The van der Waals surface area contributed by atoms with Gasteiger partial charge in [0.05, 0.1) is 16.2 Å². The summed E-state index contributed by atoms with van der Waals surface area (Å²) < 4.78 is 8.00. The van der Waals surface area contributed by atoms with E-state index in [1.165, 1.54) is 0 Å². The number of rotatable bonds is 3. The van der Waals surface area contributed by atoms with Gasteiger partial charge < -0.3 is 9.30 Å². The Hall–Kier alpha value is -1.93. The average molecular weight is 286 g/mol. The fourth-order valence-electron chi connectivity index (χ4n) is 2.43. The van der Waals surface area contributed by atoms with E-state index in [4.69, 9.17) is 16.3 Å². The largest absolute Gasteiger partial charge is 0.487 e. The van der Waals surface area contributed by atoms with Crippen LogP contribution in [0.4, 0.5) is 0 Å². The Morgan fingerprint density at radius 2 is 1.90 bits per heavy atom. The molecule has 2 aromatic carbocycles. The van der Waals surface area contributed by atoms with E-state index in [9.17, 15) is 0 Å². The first-order valence-electron chi connectivity index (χ1n) is 6.58. The molecule has 1 heterocycles. The van der Waals surface area contributed by atoms with Crippen molar-refractivity contribution in [2.45, 2.75) is 13.5 Å². The number of halogens is 1. The SMILES string of the molecule is Cc1ccccc1OCc1cc2cccc(Cl)c2n1C. The van der Waals surface area contributed by atoms with E-state index in [0.29, 0.717) is 6.61 Å². The van der Waals surface area contributed by atoms with Crippen LogP contribution in [0.5, 0.6) is 5.75 Å². The smallest absolute Gasteiger partial charge is 0.128 e. The third kappa shape index (κ3) is 2.27. The van der Waals surface area contributed by atoms with Crippen LogP contribution in [0.1, 0.15) is 11.3 Å². The Labute approximate surface area is 123 Å². The highest BCUT2D eigenvalue weighted by Gasteiger charge is 2.09. The lowest BCUT2D eigenvalue weighted by molar-refractivity contribution is 0.296. The number of para-hydroxylation sites is 2. The van der Waals surface area contributed by atoms with Crippen LogP contribution < -0.4 is 4.74 Å². The molecule has 3 heteroatoms. The lowest BCUT2D eigenvalue weighted by atomic mass is 10.2. The molecule has 0 fully saturated rings. The van der Waals surface area contributed by atoms with E-state index in [1.54, 1.807) is 0 Å². The average Bonchev–Trinajstić information content (AvgIpc) is 2.76. The minimum atomic E-state index is 0.534. The summed E-state index contributed by atoms with van der Waals surface area (Å²) in [6.45, 7) is 2.58. The monoisotopic (exact) mass is 285 g/mol. The second-order valence-corrected chi connectivity index (χ2v) is 5.33. The minimum Gasteiger partial charge on any atom is -0.487 e. The van der Waals surface area contributed by atoms with Crippen molar-refractivity contribution in [1.29, 1.82) is 0 Å². The van der Waals surface area contributed by atoms with Gasteiger partial charge in [-0.05, 0) is 30.7 Å². The number of fused-ring (bicyclic) bond motifs is 1. The van der Waals surface area contributed by atoms with Crippen LogP contribution in [0.2, 0.25) is 5.02 Å². The van der Waals surface area contributed by atoms with Crippen LogP contribution in [-0.2, 0) is 13.7 Å². The molecule has 2 nitrogen and oxygen atoms in total. The highest BCUT2D eigenvalue weighted by Crippen LogP contribution is 2.27. The topological polar surface area (TPSA) is 14.2 Å². The number of aromatic nitrogens is 1. The molecule has 0 unspecified atom stereocenters. The van der Waals surface area contributed by atoms with Crippen LogP contribution in [0.3, 0.4) is 0 Å². The number of hydrogen-bond acceptors (Lipinski definition) is 1. The van der Waals surface area contributed by atoms with Crippen LogP contribution in [0, 0.1) is 6.92 Å². The zero-order valence-electron chi connectivity index (χ0n) is 11.6. The van der Waals surface area contributed by atoms with E-state index in [1.807, 2.05) is 50.4 Å². The first-order valence-corrected chi connectivity index (χ1v) is 6.96. The molecule has 0 amide bonds. The molecule has 1 aromatic heterocycles. The third-order valence-corrected chi connectivity index (χ3v) is 3.88. The molecule has 0 bridgehead atoms. The van der Waals surface area contributed by atoms with Crippen LogP contribution in [0.15, 0.2) is 48.5 Å². The number of hydrogen-bond donors (Lipinski definition) is 0. The normalized spacial score (nSPS) is 10.9. The summed E-state index contributed by atoms with van der Waals surface area (Å²) in [6, 6.07) is 16.1. The Balaban J connectivity index is 1.90. The third-order valence-electron chi connectivity index (χ3n) is 3.58. The Bertz CT molecular complexity index is 761. The van der Waals surface area contributed by atoms with Crippen molar-refractivity contribution in [3.63, 3.8) is 0 Å². The van der Waals surface area contributed by atoms with Gasteiger partial charge in [-0.1, -0.05) is 41.9 Å². The van der Waals surface area contributed by atoms with Gasteiger partial charge in [-0.2, -0.15) is 0 Å². The molecule has 0 saturated heterocycles. The molecule has 3 rings (SSSR count). The lowest BCUT2D eigenvalue weighted by Gasteiger charge is -2.10. The van der Waals surface area contributed by atoms with Gasteiger partial charge in [-0.3, -0.25) is 0 Å².